The molecule has 0 aliphatic rings. The molecule has 0 fully saturated rings. The molecule has 0 aliphatic carbocycles. The van der Waals surface area contributed by atoms with Gasteiger partial charge in [-0.15, -0.1) is 0 Å². The number of carbonyl (C=O) groups excluding carboxylic acids is 2. The van der Waals surface area contributed by atoms with Gasteiger partial charge in [-0.2, -0.15) is 0 Å². The van der Waals surface area contributed by atoms with Crippen molar-refractivity contribution in [2.24, 2.45) is 5.73 Å². The summed E-state index contributed by atoms with van der Waals surface area (Å²) in [4.78, 5) is 26.1. The zero-order valence-corrected chi connectivity index (χ0v) is 9.90. The van der Waals surface area contributed by atoms with Crippen LogP contribution in [0.1, 0.15) is 13.3 Å². The van der Waals surface area contributed by atoms with Crippen LogP contribution in [0.2, 0.25) is 5.02 Å². The monoisotopic (exact) mass is 257 g/mol. The van der Waals surface area contributed by atoms with Gasteiger partial charge < -0.3 is 15.8 Å². The Morgan fingerprint density at radius 3 is 2.76 bits per heavy atom. The summed E-state index contributed by atoms with van der Waals surface area (Å²) >= 11 is 5.65. The third kappa shape index (κ3) is 4.28. The molecule has 0 saturated heterocycles. The Kier molecular flexibility index (Phi) is 4.71. The summed E-state index contributed by atoms with van der Waals surface area (Å²) in [6.07, 6.45) is -0.198. The highest BCUT2D eigenvalue weighted by Crippen LogP contribution is 2.10. The summed E-state index contributed by atoms with van der Waals surface area (Å²) in [5.74, 6) is -0.160. The number of nitrogens with two attached hydrogens (primary N) is 1. The Hall–Kier alpha value is -1.82. The number of rotatable bonds is 4. The number of nitrogens with one attached hydrogen (secondary N) is 1. The van der Waals surface area contributed by atoms with E-state index in [9.17, 15) is 9.59 Å². The topological polar surface area (TPSA) is 94.3 Å². The Labute approximate surface area is 103 Å². The van der Waals surface area contributed by atoms with Crippen LogP contribution in [0.15, 0.2) is 18.3 Å². The van der Waals surface area contributed by atoms with Gasteiger partial charge in [0.1, 0.15) is 5.82 Å². The van der Waals surface area contributed by atoms with Crippen molar-refractivity contribution in [3.63, 3.8) is 0 Å². The standard InChI is InChI=1S/C10H12ClN3O3/c1-2-7(17-10(12)16)9(15)14-8-4-3-6(11)5-13-8/h3-5,7H,2H2,1H3,(H2,12,16)(H,13,14,15). The molecule has 0 spiro atoms. The summed E-state index contributed by atoms with van der Waals surface area (Å²) in [5, 5.41) is 2.95. The normalized spacial score (nSPS) is 11.6. The van der Waals surface area contributed by atoms with Gasteiger partial charge in [0, 0.05) is 6.20 Å². The first kappa shape index (κ1) is 13.2. The van der Waals surface area contributed by atoms with Gasteiger partial charge in [0.2, 0.25) is 0 Å². The molecule has 0 radical (unpaired) electrons. The van der Waals surface area contributed by atoms with Crippen LogP contribution in [0.3, 0.4) is 0 Å². The Morgan fingerprint density at radius 2 is 2.29 bits per heavy atom. The maximum Gasteiger partial charge on any atom is 0.405 e. The van der Waals surface area contributed by atoms with Crippen molar-refractivity contribution in [3.8, 4) is 0 Å². The number of pyridine rings is 1. The second-order valence-electron chi connectivity index (χ2n) is 3.18. The van der Waals surface area contributed by atoms with Crippen LogP contribution in [-0.2, 0) is 9.53 Å². The van der Waals surface area contributed by atoms with Crippen LogP contribution in [0.4, 0.5) is 10.6 Å². The molecule has 1 atom stereocenters. The van der Waals surface area contributed by atoms with E-state index in [-0.39, 0.29) is 0 Å². The van der Waals surface area contributed by atoms with Gasteiger partial charge in [-0.3, -0.25) is 4.79 Å². The summed E-state index contributed by atoms with van der Waals surface area (Å²) in [6, 6.07) is 3.12. The predicted octanol–water partition coefficient (Wildman–Crippen LogP) is 1.55. The Bertz CT molecular complexity index is 408. The average molecular weight is 258 g/mol. The minimum Gasteiger partial charge on any atom is -0.436 e. The zero-order valence-electron chi connectivity index (χ0n) is 9.14. The number of amides is 2. The van der Waals surface area contributed by atoms with E-state index in [1.165, 1.54) is 12.3 Å². The molecule has 1 unspecified atom stereocenters. The van der Waals surface area contributed by atoms with E-state index < -0.39 is 18.1 Å². The van der Waals surface area contributed by atoms with E-state index in [1.807, 2.05) is 0 Å². The van der Waals surface area contributed by atoms with Gasteiger partial charge in [0.05, 0.1) is 5.02 Å². The summed E-state index contributed by atoms with van der Waals surface area (Å²) < 4.78 is 4.63. The molecule has 1 rings (SSSR count). The van der Waals surface area contributed by atoms with Crippen molar-refractivity contribution in [3.05, 3.63) is 23.4 Å². The lowest BCUT2D eigenvalue weighted by Crippen LogP contribution is -2.34. The van der Waals surface area contributed by atoms with Crippen molar-refractivity contribution in [2.45, 2.75) is 19.4 Å². The fourth-order valence-corrected chi connectivity index (χ4v) is 1.23. The smallest absolute Gasteiger partial charge is 0.405 e. The second kappa shape index (κ2) is 6.05. The molecule has 0 aromatic carbocycles. The molecular weight excluding hydrogens is 246 g/mol. The molecule has 1 aromatic rings. The first-order valence-corrected chi connectivity index (χ1v) is 5.29. The number of carbonyl (C=O) groups is 2. The first-order valence-electron chi connectivity index (χ1n) is 4.91. The van der Waals surface area contributed by atoms with Gasteiger partial charge in [0.15, 0.2) is 6.10 Å². The molecule has 92 valence electrons. The van der Waals surface area contributed by atoms with E-state index in [2.05, 4.69) is 15.0 Å². The highest BCUT2D eigenvalue weighted by molar-refractivity contribution is 6.30. The number of nitrogens with zero attached hydrogens (tertiary/aromatic N) is 1. The number of hydrogen-bond acceptors (Lipinski definition) is 4. The van der Waals surface area contributed by atoms with Gasteiger partial charge in [-0.05, 0) is 18.6 Å². The Morgan fingerprint density at radius 1 is 1.59 bits per heavy atom. The van der Waals surface area contributed by atoms with Gasteiger partial charge in [-0.25, -0.2) is 9.78 Å². The first-order chi connectivity index (χ1) is 8.02. The van der Waals surface area contributed by atoms with Gasteiger partial charge in [0.25, 0.3) is 5.91 Å². The van der Waals surface area contributed by atoms with E-state index in [0.29, 0.717) is 17.3 Å². The molecular formula is C10H12ClN3O3. The van der Waals surface area contributed by atoms with Crippen molar-refractivity contribution in [1.82, 2.24) is 4.98 Å². The molecule has 6 nitrogen and oxygen atoms in total. The third-order valence-corrected chi connectivity index (χ3v) is 2.12. The van der Waals surface area contributed by atoms with E-state index >= 15 is 0 Å². The fraction of sp³-hybridized carbons (Fsp3) is 0.300. The van der Waals surface area contributed by atoms with E-state index in [4.69, 9.17) is 17.3 Å². The van der Waals surface area contributed by atoms with Crippen molar-refractivity contribution in [2.75, 3.05) is 5.32 Å². The molecule has 0 bridgehead atoms. The summed E-state index contributed by atoms with van der Waals surface area (Å²) in [5.41, 5.74) is 4.85. The molecule has 1 aromatic heterocycles. The van der Waals surface area contributed by atoms with Crippen LogP contribution in [0.5, 0.6) is 0 Å². The third-order valence-electron chi connectivity index (χ3n) is 1.90. The number of halogens is 1. The predicted molar refractivity (Wildman–Crippen MR) is 62.6 cm³/mol. The van der Waals surface area contributed by atoms with E-state index in [1.54, 1.807) is 13.0 Å². The lowest BCUT2D eigenvalue weighted by atomic mass is 10.2. The zero-order chi connectivity index (χ0) is 12.8. The van der Waals surface area contributed by atoms with Crippen LogP contribution >= 0.6 is 11.6 Å². The Balaban J connectivity index is 2.63. The number of primary amides is 1. The highest BCUT2D eigenvalue weighted by atomic mass is 35.5. The van der Waals surface area contributed by atoms with Crippen LogP contribution in [0, 0.1) is 0 Å². The average Bonchev–Trinajstić information content (AvgIpc) is 2.28. The van der Waals surface area contributed by atoms with Crippen molar-refractivity contribution < 1.29 is 14.3 Å². The van der Waals surface area contributed by atoms with Crippen molar-refractivity contribution in [1.29, 1.82) is 0 Å². The maximum atomic E-state index is 11.6. The molecule has 0 saturated carbocycles. The summed E-state index contributed by atoms with van der Waals surface area (Å²) in [7, 11) is 0. The minimum absolute atomic E-state index is 0.322. The molecule has 1 heterocycles. The molecule has 2 amide bonds. The maximum absolute atomic E-state index is 11.6. The lowest BCUT2D eigenvalue weighted by Gasteiger charge is -2.13. The summed E-state index contributed by atoms with van der Waals surface area (Å²) in [6.45, 7) is 1.70. The largest absolute Gasteiger partial charge is 0.436 e. The van der Waals surface area contributed by atoms with Crippen molar-refractivity contribution >= 4 is 29.4 Å². The number of aromatic nitrogens is 1. The van der Waals surface area contributed by atoms with Crippen LogP contribution in [-0.4, -0.2) is 23.1 Å². The second-order valence-corrected chi connectivity index (χ2v) is 3.62. The molecule has 17 heavy (non-hydrogen) atoms. The molecule has 0 aliphatic heterocycles. The highest BCUT2D eigenvalue weighted by Gasteiger charge is 2.20. The van der Waals surface area contributed by atoms with Crippen LogP contribution in [0.25, 0.3) is 0 Å². The molecule has 3 N–H and O–H groups in total. The quantitative estimate of drug-likeness (QED) is 0.855. The van der Waals surface area contributed by atoms with Gasteiger partial charge in [-0.1, -0.05) is 18.5 Å². The fourth-order valence-electron chi connectivity index (χ4n) is 1.12. The number of anilines is 1. The number of hydrogen-bond donors (Lipinski definition) is 2. The lowest BCUT2D eigenvalue weighted by molar-refractivity contribution is -0.124. The SMILES string of the molecule is CCC(OC(N)=O)C(=O)Nc1ccc(Cl)cn1. The molecule has 7 heteroatoms. The van der Waals surface area contributed by atoms with Crippen LogP contribution < -0.4 is 11.1 Å². The minimum atomic E-state index is -0.990. The van der Waals surface area contributed by atoms with E-state index in [0.717, 1.165) is 0 Å². The number of ether oxygens (including phenoxy) is 1. The van der Waals surface area contributed by atoms with Gasteiger partial charge >= 0.3 is 6.09 Å².